The topological polar surface area (TPSA) is 81.7 Å². The molecule has 1 saturated carbocycles. The number of benzene rings is 1. The Kier molecular flexibility index (Phi) is 3.13. The standard InChI is InChI=1S/C17H19N7O/c1-11(24-14-5-3-2-4-13(14)18-21-24)17(25)22-8-9-23-15(10-22)19-20-16(23)12-6-7-12/h2-5,11-12H,6-10H2,1H3. The summed E-state index contributed by atoms with van der Waals surface area (Å²) in [6.45, 7) is 3.83. The summed E-state index contributed by atoms with van der Waals surface area (Å²) < 4.78 is 3.89. The number of amides is 1. The fourth-order valence-electron chi connectivity index (χ4n) is 3.55. The molecule has 1 fully saturated rings. The molecular weight excluding hydrogens is 318 g/mol. The molecule has 1 amide bonds. The Hall–Kier alpha value is -2.77. The molecule has 8 heteroatoms. The van der Waals surface area contributed by atoms with Gasteiger partial charge < -0.3 is 9.47 Å². The Labute approximate surface area is 144 Å². The van der Waals surface area contributed by atoms with E-state index >= 15 is 0 Å². The van der Waals surface area contributed by atoms with Crippen LogP contribution >= 0.6 is 0 Å². The third-order valence-corrected chi connectivity index (χ3v) is 5.14. The first-order valence-electron chi connectivity index (χ1n) is 8.73. The van der Waals surface area contributed by atoms with Crippen LogP contribution in [0.5, 0.6) is 0 Å². The van der Waals surface area contributed by atoms with E-state index in [0.717, 1.165) is 29.2 Å². The smallest absolute Gasteiger partial charge is 0.247 e. The minimum Gasteiger partial charge on any atom is -0.332 e. The molecule has 2 aliphatic rings. The molecule has 0 spiro atoms. The van der Waals surface area contributed by atoms with Crippen LogP contribution in [0.1, 0.15) is 43.4 Å². The van der Waals surface area contributed by atoms with Crippen LogP contribution in [0.4, 0.5) is 0 Å². The molecule has 128 valence electrons. The molecule has 8 nitrogen and oxygen atoms in total. The molecule has 1 aromatic carbocycles. The highest BCUT2D eigenvalue weighted by molar-refractivity contribution is 5.83. The number of para-hydroxylation sites is 1. The van der Waals surface area contributed by atoms with E-state index in [0.29, 0.717) is 19.0 Å². The lowest BCUT2D eigenvalue weighted by molar-refractivity contribution is -0.136. The van der Waals surface area contributed by atoms with Crippen molar-refractivity contribution in [3.8, 4) is 0 Å². The van der Waals surface area contributed by atoms with Gasteiger partial charge in [-0.25, -0.2) is 4.68 Å². The van der Waals surface area contributed by atoms with Gasteiger partial charge in [-0.2, -0.15) is 0 Å². The molecule has 3 aromatic rings. The van der Waals surface area contributed by atoms with Crippen LogP contribution in [0.15, 0.2) is 24.3 Å². The predicted molar refractivity (Wildman–Crippen MR) is 89.7 cm³/mol. The quantitative estimate of drug-likeness (QED) is 0.723. The molecule has 1 atom stereocenters. The number of rotatable bonds is 3. The number of fused-ring (bicyclic) bond motifs is 2. The Balaban J connectivity index is 1.39. The summed E-state index contributed by atoms with van der Waals surface area (Å²) >= 11 is 0. The van der Waals surface area contributed by atoms with Crippen LogP contribution in [-0.2, 0) is 17.9 Å². The van der Waals surface area contributed by atoms with E-state index in [4.69, 9.17) is 0 Å². The van der Waals surface area contributed by atoms with Gasteiger partial charge in [0.25, 0.3) is 0 Å². The Morgan fingerprint density at radius 1 is 1.16 bits per heavy atom. The fraction of sp³-hybridized carbons (Fsp3) is 0.471. The molecule has 2 aromatic heterocycles. The van der Waals surface area contributed by atoms with Crippen molar-refractivity contribution >= 4 is 16.9 Å². The normalized spacial score (nSPS) is 18.4. The molecule has 1 aliphatic carbocycles. The number of hydrogen-bond acceptors (Lipinski definition) is 5. The molecule has 1 aliphatic heterocycles. The van der Waals surface area contributed by atoms with Gasteiger partial charge in [0.05, 0.1) is 12.1 Å². The van der Waals surface area contributed by atoms with Crippen molar-refractivity contribution in [1.29, 1.82) is 0 Å². The van der Waals surface area contributed by atoms with Crippen molar-refractivity contribution in [2.45, 2.75) is 44.8 Å². The minimum atomic E-state index is -0.398. The molecule has 3 heterocycles. The van der Waals surface area contributed by atoms with Crippen molar-refractivity contribution in [3.63, 3.8) is 0 Å². The van der Waals surface area contributed by atoms with Gasteiger partial charge in [0, 0.05) is 19.0 Å². The number of carbonyl (C=O) groups is 1. The largest absolute Gasteiger partial charge is 0.332 e. The lowest BCUT2D eigenvalue weighted by atomic mass is 10.2. The lowest BCUT2D eigenvalue weighted by Crippen LogP contribution is -2.42. The summed E-state index contributed by atoms with van der Waals surface area (Å²) in [4.78, 5) is 14.8. The van der Waals surface area contributed by atoms with Gasteiger partial charge in [0.1, 0.15) is 17.4 Å². The zero-order valence-corrected chi connectivity index (χ0v) is 14.0. The van der Waals surface area contributed by atoms with Gasteiger partial charge in [0.2, 0.25) is 5.91 Å². The third-order valence-electron chi connectivity index (χ3n) is 5.14. The zero-order valence-electron chi connectivity index (χ0n) is 14.0. The number of carbonyl (C=O) groups excluding carboxylic acids is 1. The van der Waals surface area contributed by atoms with E-state index in [2.05, 4.69) is 25.1 Å². The van der Waals surface area contributed by atoms with Crippen LogP contribution < -0.4 is 0 Å². The summed E-state index contributed by atoms with van der Waals surface area (Å²) in [5.41, 5.74) is 1.68. The first-order valence-corrected chi connectivity index (χ1v) is 8.73. The van der Waals surface area contributed by atoms with E-state index in [9.17, 15) is 4.79 Å². The lowest BCUT2D eigenvalue weighted by Gasteiger charge is -2.30. The van der Waals surface area contributed by atoms with Gasteiger partial charge in [-0.05, 0) is 31.9 Å². The average molecular weight is 337 g/mol. The third kappa shape index (κ3) is 2.32. The van der Waals surface area contributed by atoms with E-state index in [1.807, 2.05) is 36.1 Å². The van der Waals surface area contributed by atoms with Gasteiger partial charge >= 0.3 is 0 Å². The van der Waals surface area contributed by atoms with Crippen LogP contribution in [0.3, 0.4) is 0 Å². The van der Waals surface area contributed by atoms with Crippen LogP contribution in [0.2, 0.25) is 0 Å². The van der Waals surface area contributed by atoms with Crippen LogP contribution in [0.25, 0.3) is 11.0 Å². The number of nitrogens with zero attached hydrogens (tertiary/aromatic N) is 7. The molecule has 0 bridgehead atoms. The molecule has 25 heavy (non-hydrogen) atoms. The maximum absolute atomic E-state index is 13.0. The Bertz CT molecular complexity index is 955. The van der Waals surface area contributed by atoms with Crippen LogP contribution in [-0.4, -0.2) is 47.1 Å². The Morgan fingerprint density at radius 3 is 2.84 bits per heavy atom. The predicted octanol–water partition coefficient (Wildman–Crippen LogP) is 1.50. The van der Waals surface area contributed by atoms with E-state index in [-0.39, 0.29) is 5.91 Å². The first kappa shape index (κ1) is 14.6. The molecule has 1 unspecified atom stereocenters. The molecule has 5 rings (SSSR count). The fourth-order valence-corrected chi connectivity index (χ4v) is 3.55. The van der Waals surface area contributed by atoms with E-state index in [1.54, 1.807) is 4.68 Å². The van der Waals surface area contributed by atoms with Gasteiger partial charge in [-0.3, -0.25) is 4.79 Å². The highest BCUT2D eigenvalue weighted by atomic mass is 16.2. The second-order valence-electron chi connectivity index (χ2n) is 6.86. The summed E-state index contributed by atoms with van der Waals surface area (Å²) in [6, 6.07) is 7.29. The second-order valence-corrected chi connectivity index (χ2v) is 6.86. The highest BCUT2D eigenvalue weighted by Crippen LogP contribution is 2.39. The van der Waals surface area contributed by atoms with E-state index < -0.39 is 6.04 Å². The average Bonchev–Trinajstić information content (AvgIpc) is 3.26. The molecule has 0 N–H and O–H groups in total. The second kappa shape index (κ2) is 5.37. The summed E-state index contributed by atoms with van der Waals surface area (Å²) in [7, 11) is 0. The van der Waals surface area contributed by atoms with Gasteiger partial charge in [-0.15, -0.1) is 15.3 Å². The van der Waals surface area contributed by atoms with Crippen LogP contribution in [0, 0.1) is 0 Å². The monoisotopic (exact) mass is 337 g/mol. The summed E-state index contributed by atoms with van der Waals surface area (Å²) in [6.07, 6.45) is 2.41. The number of hydrogen-bond donors (Lipinski definition) is 0. The van der Waals surface area contributed by atoms with Crippen molar-refractivity contribution < 1.29 is 4.79 Å². The van der Waals surface area contributed by atoms with Crippen molar-refractivity contribution in [2.75, 3.05) is 6.54 Å². The highest BCUT2D eigenvalue weighted by Gasteiger charge is 2.34. The maximum atomic E-state index is 13.0. The minimum absolute atomic E-state index is 0.0397. The van der Waals surface area contributed by atoms with Crippen molar-refractivity contribution in [1.82, 2.24) is 34.7 Å². The molecule has 0 radical (unpaired) electrons. The van der Waals surface area contributed by atoms with Gasteiger partial charge in [0.15, 0.2) is 5.82 Å². The Morgan fingerprint density at radius 2 is 2.00 bits per heavy atom. The molecular formula is C17H19N7O. The zero-order chi connectivity index (χ0) is 17.0. The van der Waals surface area contributed by atoms with E-state index in [1.165, 1.54) is 12.8 Å². The first-order chi connectivity index (χ1) is 12.2. The maximum Gasteiger partial charge on any atom is 0.247 e. The number of aromatic nitrogens is 6. The summed E-state index contributed by atoms with van der Waals surface area (Å²) in [5.74, 6) is 2.59. The van der Waals surface area contributed by atoms with Crippen molar-refractivity contribution in [2.24, 2.45) is 0 Å². The SMILES string of the molecule is CC(C(=O)N1CCn2c(nnc2C2CC2)C1)n1nnc2ccccc21. The van der Waals surface area contributed by atoms with Crippen molar-refractivity contribution in [3.05, 3.63) is 35.9 Å². The summed E-state index contributed by atoms with van der Waals surface area (Å²) in [5, 5.41) is 17.0. The molecule has 0 saturated heterocycles. The van der Waals surface area contributed by atoms with Gasteiger partial charge in [-0.1, -0.05) is 17.3 Å².